The van der Waals surface area contributed by atoms with Gasteiger partial charge in [0.1, 0.15) is 18.2 Å². The Hall–Kier alpha value is -1.92. The molecule has 2 atom stereocenters. The molecule has 120 valence electrons. The van der Waals surface area contributed by atoms with Crippen molar-refractivity contribution in [1.29, 1.82) is 0 Å². The highest BCUT2D eigenvalue weighted by Crippen LogP contribution is 2.27. The van der Waals surface area contributed by atoms with Gasteiger partial charge >= 0.3 is 0 Å². The van der Waals surface area contributed by atoms with Crippen LogP contribution in [0.15, 0.2) is 6.33 Å². The number of likely N-dealkylation sites (tertiary alicyclic amines) is 2. The van der Waals surface area contributed by atoms with Crippen molar-refractivity contribution in [2.45, 2.75) is 44.6 Å². The van der Waals surface area contributed by atoms with E-state index in [4.69, 9.17) is 0 Å². The third-order valence-electron chi connectivity index (χ3n) is 4.79. The van der Waals surface area contributed by atoms with E-state index in [1.807, 2.05) is 16.5 Å². The Bertz CT molecular complexity index is 570. The largest absolute Gasteiger partial charge is 0.340 e. The van der Waals surface area contributed by atoms with Crippen LogP contribution in [-0.4, -0.2) is 62.1 Å². The lowest BCUT2D eigenvalue weighted by atomic mass is 9.96. The molecule has 2 aliphatic rings. The van der Waals surface area contributed by atoms with Crippen molar-refractivity contribution in [2.75, 3.05) is 19.6 Å². The van der Waals surface area contributed by atoms with Crippen LogP contribution in [0, 0.1) is 0 Å². The van der Waals surface area contributed by atoms with Gasteiger partial charge in [-0.05, 0) is 25.7 Å². The number of carbonyl (C=O) groups excluding carboxylic acids is 2. The first-order valence-electron chi connectivity index (χ1n) is 7.98. The van der Waals surface area contributed by atoms with Gasteiger partial charge in [-0.2, -0.15) is 0 Å². The standard InChI is InChI=1S/C15H23N5O2/c1-11(21)20-8-4-6-13(20)15(22)19-7-3-5-12(9-19)14-17-16-10-18(14)2/h10,12-13H,3-9H2,1-2H3/t12-,13-/m0/s1. The fraction of sp³-hybridized carbons (Fsp3) is 0.733. The number of piperidine rings is 1. The molecule has 7 heteroatoms. The molecule has 0 N–H and O–H groups in total. The highest BCUT2D eigenvalue weighted by atomic mass is 16.2. The first kappa shape index (κ1) is 15.0. The minimum atomic E-state index is -0.268. The zero-order valence-corrected chi connectivity index (χ0v) is 13.2. The zero-order chi connectivity index (χ0) is 15.7. The van der Waals surface area contributed by atoms with Crippen LogP contribution in [0.1, 0.15) is 44.3 Å². The molecule has 0 aromatic carbocycles. The van der Waals surface area contributed by atoms with Crippen molar-refractivity contribution in [3.8, 4) is 0 Å². The molecular formula is C15H23N5O2. The van der Waals surface area contributed by atoms with Gasteiger partial charge in [-0.1, -0.05) is 0 Å². The van der Waals surface area contributed by atoms with Crippen molar-refractivity contribution < 1.29 is 9.59 Å². The molecule has 0 bridgehead atoms. The number of nitrogens with zero attached hydrogens (tertiary/aromatic N) is 5. The normalized spacial score (nSPS) is 25.5. The van der Waals surface area contributed by atoms with Crippen molar-refractivity contribution in [3.63, 3.8) is 0 Å². The lowest BCUT2D eigenvalue weighted by Gasteiger charge is -2.35. The monoisotopic (exact) mass is 305 g/mol. The summed E-state index contributed by atoms with van der Waals surface area (Å²) in [5.74, 6) is 1.27. The smallest absolute Gasteiger partial charge is 0.245 e. The van der Waals surface area contributed by atoms with Crippen LogP contribution in [0.4, 0.5) is 0 Å². The van der Waals surface area contributed by atoms with E-state index >= 15 is 0 Å². The number of rotatable bonds is 2. The molecular weight excluding hydrogens is 282 g/mol. The maximum absolute atomic E-state index is 12.8. The summed E-state index contributed by atoms with van der Waals surface area (Å²) in [7, 11) is 1.94. The van der Waals surface area contributed by atoms with E-state index in [1.165, 1.54) is 0 Å². The maximum atomic E-state index is 12.8. The van der Waals surface area contributed by atoms with Crippen molar-refractivity contribution >= 4 is 11.8 Å². The number of aromatic nitrogens is 3. The van der Waals surface area contributed by atoms with E-state index in [1.54, 1.807) is 18.2 Å². The van der Waals surface area contributed by atoms with Crippen LogP contribution in [0.3, 0.4) is 0 Å². The first-order chi connectivity index (χ1) is 10.6. The van der Waals surface area contributed by atoms with Crippen LogP contribution in [-0.2, 0) is 16.6 Å². The van der Waals surface area contributed by atoms with Crippen LogP contribution in [0.25, 0.3) is 0 Å². The van der Waals surface area contributed by atoms with E-state index in [0.717, 1.165) is 38.1 Å². The Labute approximate surface area is 130 Å². The predicted molar refractivity (Wildman–Crippen MR) is 80.0 cm³/mol. The summed E-state index contributed by atoms with van der Waals surface area (Å²) < 4.78 is 1.93. The quantitative estimate of drug-likeness (QED) is 0.799. The van der Waals surface area contributed by atoms with Crippen LogP contribution >= 0.6 is 0 Å². The van der Waals surface area contributed by atoms with E-state index in [0.29, 0.717) is 13.1 Å². The highest BCUT2D eigenvalue weighted by Gasteiger charge is 2.37. The fourth-order valence-corrected chi connectivity index (χ4v) is 3.66. The molecule has 0 unspecified atom stereocenters. The Balaban J connectivity index is 1.70. The number of hydrogen-bond acceptors (Lipinski definition) is 4. The summed E-state index contributed by atoms with van der Waals surface area (Å²) in [5, 5.41) is 8.12. The Kier molecular flexibility index (Phi) is 4.13. The molecule has 0 saturated carbocycles. The molecule has 7 nitrogen and oxygen atoms in total. The van der Waals surface area contributed by atoms with Crippen LogP contribution < -0.4 is 0 Å². The predicted octanol–water partition coefficient (Wildman–Crippen LogP) is 0.532. The van der Waals surface area contributed by atoms with E-state index in [-0.39, 0.29) is 23.8 Å². The summed E-state index contributed by atoms with van der Waals surface area (Å²) in [6.45, 7) is 3.69. The summed E-state index contributed by atoms with van der Waals surface area (Å²) in [6.07, 6.45) is 5.39. The second-order valence-corrected chi connectivity index (χ2v) is 6.29. The molecule has 0 aliphatic carbocycles. The number of amides is 2. The van der Waals surface area contributed by atoms with Gasteiger partial charge in [0, 0.05) is 39.5 Å². The lowest BCUT2D eigenvalue weighted by molar-refractivity contribution is -0.143. The molecule has 0 radical (unpaired) electrons. The number of carbonyl (C=O) groups is 2. The van der Waals surface area contributed by atoms with Gasteiger partial charge in [0.25, 0.3) is 0 Å². The zero-order valence-electron chi connectivity index (χ0n) is 13.2. The highest BCUT2D eigenvalue weighted by molar-refractivity contribution is 5.87. The summed E-state index contributed by atoms with van der Waals surface area (Å²) in [5.41, 5.74) is 0. The molecule has 3 rings (SSSR count). The van der Waals surface area contributed by atoms with Gasteiger partial charge in [-0.3, -0.25) is 9.59 Å². The van der Waals surface area contributed by atoms with Crippen molar-refractivity contribution in [2.24, 2.45) is 7.05 Å². The molecule has 2 saturated heterocycles. The molecule has 2 fully saturated rings. The minimum Gasteiger partial charge on any atom is -0.340 e. The fourth-order valence-electron chi connectivity index (χ4n) is 3.66. The van der Waals surface area contributed by atoms with Gasteiger partial charge in [0.2, 0.25) is 11.8 Å². The van der Waals surface area contributed by atoms with E-state index in [2.05, 4.69) is 10.2 Å². The average Bonchev–Trinajstić information content (AvgIpc) is 3.15. The van der Waals surface area contributed by atoms with Crippen LogP contribution in [0.2, 0.25) is 0 Å². The molecule has 22 heavy (non-hydrogen) atoms. The third kappa shape index (κ3) is 2.71. The van der Waals surface area contributed by atoms with Crippen LogP contribution in [0.5, 0.6) is 0 Å². The Morgan fingerprint density at radius 2 is 2.00 bits per heavy atom. The van der Waals surface area contributed by atoms with Gasteiger partial charge < -0.3 is 14.4 Å². The maximum Gasteiger partial charge on any atom is 0.245 e. The molecule has 3 heterocycles. The van der Waals surface area contributed by atoms with Gasteiger partial charge in [0.15, 0.2) is 0 Å². The molecule has 2 aliphatic heterocycles. The lowest BCUT2D eigenvalue weighted by Crippen LogP contribution is -2.50. The topological polar surface area (TPSA) is 71.3 Å². The van der Waals surface area contributed by atoms with E-state index in [9.17, 15) is 9.59 Å². The second kappa shape index (κ2) is 6.06. The molecule has 0 spiro atoms. The minimum absolute atomic E-state index is 0.00212. The van der Waals surface area contributed by atoms with E-state index < -0.39 is 0 Å². The Morgan fingerprint density at radius 1 is 1.23 bits per heavy atom. The van der Waals surface area contributed by atoms with Crippen molar-refractivity contribution in [3.05, 3.63) is 12.2 Å². The first-order valence-corrected chi connectivity index (χ1v) is 7.98. The van der Waals surface area contributed by atoms with Gasteiger partial charge in [-0.15, -0.1) is 10.2 Å². The molecule has 2 amide bonds. The van der Waals surface area contributed by atoms with Gasteiger partial charge in [-0.25, -0.2) is 0 Å². The summed E-state index contributed by atoms with van der Waals surface area (Å²) in [4.78, 5) is 28.1. The van der Waals surface area contributed by atoms with Gasteiger partial charge in [0.05, 0.1) is 0 Å². The number of aryl methyl sites for hydroxylation is 1. The molecule has 1 aromatic rings. The SMILES string of the molecule is CC(=O)N1CCC[C@H]1C(=O)N1CCC[C@H](c2nncn2C)C1. The number of hydrogen-bond donors (Lipinski definition) is 0. The molecule has 1 aromatic heterocycles. The third-order valence-corrected chi connectivity index (χ3v) is 4.79. The average molecular weight is 305 g/mol. The Morgan fingerprint density at radius 3 is 2.68 bits per heavy atom. The summed E-state index contributed by atoms with van der Waals surface area (Å²) in [6, 6.07) is -0.268. The summed E-state index contributed by atoms with van der Waals surface area (Å²) >= 11 is 0. The van der Waals surface area contributed by atoms with Crippen molar-refractivity contribution in [1.82, 2.24) is 24.6 Å². The second-order valence-electron chi connectivity index (χ2n) is 6.29.